The van der Waals surface area contributed by atoms with Crippen LogP contribution in [-0.4, -0.2) is 22.4 Å². The molecule has 0 aliphatic rings. The van der Waals surface area contributed by atoms with Gasteiger partial charge in [0.2, 0.25) is 5.91 Å². The molecule has 0 saturated carbocycles. The van der Waals surface area contributed by atoms with Crippen LogP contribution in [0.15, 0.2) is 36.5 Å². The maximum absolute atomic E-state index is 11.8. The van der Waals surface area contributed by atoms with Crippen molar-refractivity contribution >= 4 is 28.9 Å². The van der Waals surface area contributed by atoms with Gasteiger partial charge in [-0.3, -0.25) is 19.9 Å². The topological polar surface area (TPSA) is 97.2 Å². The first-order valence-electron chi connectivity index (χ1n) is 7.32. The molecule has 0 fully saturated rings. The Bertz CT molecular complexity index is 714. The zero-order chi connectivity index (χ0) is 17.5. The second-order valence-corrected chi connectivity index (χ2v) is 5.56. The van der Waals surface area contributed by atoms with E-state index < -0.39 is 4.92 Å². The summed E-state index contributed by atoms with van der Waals surface area (Å²) < 4.78 is 0. The van der Waals surface area contributed by atoms with Crippen molar-refractivity contribution in [3.8, 4) is 0 Å². The van der Waals surface area contributed by atoms with E-state index in [0.29, 0.717) is 24.3 Å². The minimum Gasteiger partial charge on any atom is -0.383 e. The molecule has 1 heterocycles. The predicted molar refractivity (Wildman–Crippen MR) is 92.0 cm³/mol. The van der Waals surface area contributed by atoms with Crippen LogP contribution in [-0.2, 0) is 11.3 Å². The summed E-state index contributed by atoms with van der Waals surface area (Å²) in [5.41, 5.74) is 1.98. The second-order valence-electron chi connectivity index (χ2n) is 5.15. The van der Waals surface area contributed by atoms with Crippen molar-refractivity contribution in [2.24, 2.45) is 0 Å². The van der Waals surface area contributed by atoms with Crippen molar-refractivity contribution in [3.05, 3.63) is 62.9 Å². The van der Waals surface area contributed by atoms with Gasteiger partial charge in [-0.05, 0) is 24.6 Å². The number of nitrogens with zero attached hydrogens (tertiary/aromatic N) is 2. The Morgan fingerprint density at radius 3 is 2.79 bits per heavy atom. The van der Waals surface area contributed by atoms with Gasteiger partial charge in [0.1, 0.15) is 0 Å². The molecular formula is C16H17ClN4O3. The Morgan fingerprint density at radius 1 is 1.38 bits per heavy atom. The number of aryl methyl sites for hydroxylation is 1. The van der Waals surface area contributed by atoms with E-state index in [9.17, 15) is 14.9 Å². The van der Waals surface area contributed by atoms with Crippen LogP contribution in [0.4, 0.5) is 11.4 Å². The summed E-state index contributed by atoms with van der Waals surface area (Å²) in [4.78, 5) is 26.2. The third-order valence-electron chi connectivity index (χ3n) is 3.33. The quantitative estimate of drug-likeness (QED) is 0.592. The number of aromatic nitrogens is 1. The molecule has 1 aromatic carbocycles. The summed E-state index contributed by atoms with van der Waals surface area (Å²) in [6.07, 6.45) is 1.92. The van der Waals surface area contributed by atoms with Crippen molar-refractivity contribution in [1.29, 1.82) is 0 Å². The molecule has 0 atom stereocenters. The lowest BCUT2D eigenvalue weighted by Crippen LogP contribution is -2.25. The maximum Gasteiger partial charge on any atom is 0.271 e. The normalized spacial score (nSPS) is 10.2. The van der Waals surface area contributed by atoms with Gasteiger partial charge in [0.15, 0.2) is 0 Å². The first-order chi connectivity index (χ1) is 11.5. The fourth-order valence-electron chi connectivity index (χ4n) is 2.14. The van der Waals surface area contributed by atoms with Crippen LogP contribution in [0.2, 0.25) is 5.02 Å². The average Bonchev–Trinajstić information content (AvgIpc) is 2.56. The van der Waals surface area contributed by atoms with Crippen LogP contribution < -0.4 is 10.6 Å². The third kappa shape index (κ3) is 4.92. The number of nitrogens with one attached hydrogen (secondary N) is 2. The Hall–Kier alpha value is -2.67. The number of carbonyl (C=O) groups is 1. The fourth-order valence-corrected chi connectivity index (χ4v) is 2.46. The lowest BCUT2D eigenvalue weighted by atomic mass is 10.1. The average molecular weight is 349 g/mol. The van der Waals surface area contributed by atoms with E-state index in [-0.39, 0.29) is 23.0 Å². The second kappa shape index (κ2) is 8.26. The van der Waals surface area contributed by atoms with Crippen molar-refractivity contribution in [1.82, 2.24) is 10.3 Å². The number of hydrogen-bond donors (Lipinski definition) is 2. The van der Waals surface area contributed by atoms with Crippen molar-refractivity contribution < 1.29 is 9.72 Å². The highest BCUT2D eigenvalue weighted by molar-refractivity contribution is 6.33. The number of nitro benzene ring substituents is 1. The fraction of sp³-hybridized carbons (Fsp3) is 0.250. The summed E-state index contributed by atoms with van der Waals surface area (Å²) in [6, 6.07) is 8.23. The molecule has 2 rings (SSSR count). The molecule has 0 aliphatic heterocycles. The Balaban J connectivity index is 1.83. The number of non-ortho nitro benzene ring substituents is 1. The molecule has 0 unspecified atom stereocenters. The van der Waals surface area contributed by atoms with Gasteiger partial charge in [-0.15, -0.1) is 0 Å². The first kappa shape index (κ1) is 17.7. The summed E-state index contributed by atoms with van der Waals surface area (Å²) in [6.45, 7) is 2.46. The van der Waals surface area contributed by atoms with Gasteiger partial charge in [-0.25, -0.2) is 0 Å². The Kier molecular flexibility index (Phi) is 6.08. The Labute approximate surface area is 144 Å². The monoisotopic (exact) mass is 348 g/mol. The smallest absolute Gasteiger partial charge is 0.271 e. The predicted octanol–water partition coefficient (Wildman–Crippen LogP) is 3.07. The molecule has 0 saturated heterocycles. The lowest BCUT2D eigenvalue weighted by molar-refractivity contribution is -0.384. The van der Waals surface area contributed by atoms with E-state index in [1.807, 2.05) is 18.2 Å². The number of rotatable bonds is 7. The van der Waals surface area contributed by atoms with E-state index in [1.165, 1.54) is 12.1 Å². The van der Waals surface area contributed by atoms with E-state index in [1.54, 1.807) is 13.1 Å². The highest BCUT2D eigenvalue weighted by Gasteiger charge is 2.13. The lowest BCUT2D eigenvalue weighted by Gasteiger charge is -2.11. The van der Waals surface area contributed by atoms with Crippen molar-refractivity contribution in [2.75, 3.05) is 11.9 Å². The van der Waals surface area contributed by atoms with Gasteiger partial charge in [-0.2, -0.15) is 0 Å². The van der Waals surface area contributed by atoms with Gasteiger partial charge in [0.25, 0.3) is 5.69 Å². The molecule has 2 N–H and O–H groups in total. The summed E-state index contributed by atoms with van der Waals surface area (Å²) in [5, 5.41) is 16.9. The molecule has 8 heteroatoms. The molecule has 1 amide bonds. The standard InChI is InChI=1S/C16H17ClN4O3/c1-11-8-13(21(23)24)9-14(17)16(11)19-7-5-15(22)20-10-12-4-2-3-6-18-12/h2-4,6,8-9,19H,5,7,10H2,1H3,(H,20,22). The van der Waals surface area contributed by atoms with E-state index >= 15 is 0 Å². The highest BCUT2D eigenvalue weighted by Crippen LogP contribution is 2.30. The summed E-state index contributed by atoms with van der Waals surface area (Å²) >= 11 is 6.06. The van der Waals surface area contributed by atoms with Gasteiger partial charge in [0, 0.05) is 31.3 Å². The maximum atomic E-state index is 11.8. The number of anilines is 1. The SMILES string of the molecule is Cc1cc([N+](=O)[O-])cc(Cl)c1NCCC(=O)NCc1ccccn1. The number of amides is 1. The molecule has 0 spiro atoms. The minimum atomic E-state index is -0.492. The summed E-state index contributed by atoms with van der Waals surface area (Å²) in [7, 11) is 0. The van der Waals surface area contributed by atoms with Crippen LogP contribution in [0.5, 0.6) is 0 Å². The number of carbonyl (C=O) groups excluding carboxylic acids is 1. The van der Waals surface area contributed by atoms with E-state index in [4.69, 9.17) is 11.6 Å². The molecule has 7 nitrogen and oxygen atoms in total. The number of pyridine rings is 1. The molecule has 126 valence electrons. The molecule has 0 radical (unpaired) electrons. The molecular weight excluding hydrogens is 332 g/mol. The Morgan fingerprint density at radius 2 is 2.17 bits per heavy atom. The summed E-state index contributed by atoms with van der Waals surface area (Å²) in [5.74, 6) is -0.121. The molecule has 0 bridgehead atoms. The van der Waals surface area contributed by atoms with Crippen molar-refractivity contribution in [2.45, 2.75) is 19.9 Å². The van der Waals surface area contributed by atoms with E-state index in [2.05, 4.69) is 15.6 Å². The van der Waals surface area contributed by atoms with Gasteiger partial charge < -0.3 is 10.6 Å². The van der Waals surface area contributed by atoms with Crippen LogP contribution >= 0.6 is 11.6 Å². The number of nitro groups is 1. The molecule has 1 aromatic heterocycles. The van der Waals surface area contributed by atoms with Gasteiger partial charge in [-0.1, -0.05) is 17.7 Å². The van der Waals surface area contributed by atoms with Crippen LogP contribution in [0.1, 0.15) is 17.7 Å². The van der Waals surface area contributed by atoms with Crippen LogP contribution in [0.3, 0.4) is 0 Å². The number of benzene rings is 1. The van der Waals surface area contributed by atoms with Crippen LogP contribution in [0, 0.1) is 17.0 Å². The zero-order valence-electron chi connectivity index (χ0n) is 13.1. The molecule has 2 aromatic rings. The number of halogens is 1. The largest absolute Gasteiger partial charge is 0.383 e. The van der Waals surface area contributed by atoms with Crippen molar-refractivity contribution in [3.63, 3.8) is 0 Å². The van der Waals surface area contributed by atoms with E-state index in [0.717, 1.165) is 5.69 Å². The molecule has 24 heavy (non-hydrogen) atoms. The number of hydrogen-bond acceptors (Lipinski definition) is 5. The molecule has 0 aliphatic carbocycles. The zero-order valence-corrected chi connectivity index (χ0v) is 13.8. The van der Waals surface area contributed by atoms with Gasteiger partial charge >= 0.3 is 0 Å². The third-order valence-corrected chi connectivity index (χ3v) is 3.63. The highest BCUT2D eigenvalue weighted by atomic mass is 35.5. The van der Waals surface area contributed by atoms with Crippen LogP contribution in [0.25, 0.3) is 0 Å². The van der Waals surface area contributed by atoms with Gasteiger partial charge in [0.05, 0.1) is 27.9 Å². The minimum absolute atomic E-state index is 0.0591. The first-order valence-corrected chi connectivity index (χ1v) is 7.70.